The predicted molar refractivity (Wildman–Crippen MR) is 101 cm³/mol. The highest BCUT2D eigenvalue weighted by Gasteiger charge is 2.33. The molecule has 1 saturated heterocycles. The summed E-state index contributed by atoms with van der Waals surface area (Å²) in [6, 6.07) is 11.0. The molecule has 1 unspecified atom stereocenters. The topological polar surface area (TPSA) is 95.2 Å². The minimum atomic E-state index is -1.07. The summed E-state index contributed by atoms with van der Waals surface area (Å²) in [6.45, 7) is 6.20. The minimum absolute atomic E-state index is 0.0500. The summed E-state index contributed by atoms with van der Waals surface area (Å²) in [5.74, 6) is -1.04. The van der Waals surface area contributed by atoms with Crippen molar-refractivity contribution in [3.63, 3.8) is 0 Å². The van der Waals surface area contributed by atoms with E-state index in [0.29, 0.717) is 36.0 Å². The van der Waals surface area contributed by atoms with Crippen LogP contribution >= 0.6 is 0 Å². The molecular weight excluding hydrogens is 362 g/mol. The molecule has 8 nitrogen and oxygen atoms in total. The van der Waals surface area contributed by atoms with Gasteiger partial charge in [-0.15, -0.1) is 0 Å². The Balaban J connectivity index is 1.64. The molecule has 8 heteroatoms. The van der Waals surface area contributed by atoms with Gasteiger partial charge in [-0.25, -0.2) is 14.3 Å². The Bertz CT molecular complexity index is 1040. The summed E-state index contributed by atoms with van der Waals surface area (Å²) in [4.78, 5) is 15.8. The zero-order chi connectivity index (χ0) is 19.9. The maximum Gasteiger partial charge on any atom is 0.356 e. The molecule has 1 aliphatic heterocycles. The van der Waals surface area contributed by atoms with Crippen molar-refractivity contribution >= 4 is 11.6 Å². The molecule has 4 rings (SSSR count). The SMILES string of the molecule is Cc1nc2ccc(-c3ccccc3OCC3COC(C)(C)O3)nn2c1C(=O)O. The van der Waals surface area contributed by atoms with Crippen LogP contribution in [0.25, 0.3) is 16.9 Å². The molecule has 2 aromatic heterocycles. The molecule has 0 spiro atoms. The van der Waals surface area contributed by atoms with Gasteiger partial charge in [0.15, 0.2) is 17.1 Å². The lowest BCUT2D eigenvalue weighted by molar-refractivity contribution is -0.141. The molecule has 1 aliphatic rings. The van der Waals surface area contributed by atoms with Gasteiger partial charge in [0.1, 0.15) is 18.5 Å². The first-order valence-corrected chi connectivity index (χ1v) is 8.98. The standard InChI is InChI=1S/C20H21N3O5/c1-12-18(19(24)25)23-17(21-12)9-8-15(22-23)14-6-4-5-7-16(14)26-10-13-11-27-20(2,3)28-13/h4-9,13H,10-11H2,1-3H3,(H,24,25). The van der Waals surface area contributed by atoms with E-state index in [9.17, 15) is 9.90 Å². The van der Waals surface area contributed by atoms with Crippen LogP contribution in [0.1, 0.15) is 30.0 Å². The summed E-state index contributed by atoms with van der Waals surface area (Å²) in [7, 11) is 0. The lowest BCUT2D eigenvalue weighted by Gasteiger charge is -2.18. The zero-order valence-electron chi connectivity index (χ0n) is 15.9. The fourth-order valence-electron chi connectivity index (χ4n) is 3.26. The van der Waals surface area contributed by atoms with Crippen LogP contribution in [-0.2, 0) is 9.47 Å². The van der Waals surface area contributed by atoms with Crippen LogP contribution in [0, 0.1) is 6.92 Å². The van der Waals surface area contributed by atoms with E-state index >= 15 is 0 Å². The van der Waals surface area contributed by atoms with Crippen molar-refractivity contribution in [2.75, 3.05) is 13.2 Å². The van der Waals surface area contributed by atoms with Crippen molar-refractivity contribution < 1.29 is 24.1 Å². The molecule has 0 radical (unpaired) electrons. The van der Waals surface area contributed by atoms with Crippen LogP contribution in [0.15, 0.2) is 36.4 Å². The molecule has 0 saturated carbocycles. The number of nitrogens with zero attached hydrogens (tertiary/aromatic N) is 3. The van der Waals surface area contributed by atoms with Gasteiger partial charge < -0.3 is 19.3 Å². The van der Waals surface area contributed by atoms with E-state index in [2.05, 4.69) is 10.1 Å². The van der Waals surface area contributed by atoms with E-state index in [1.807, 2.05) is 38.1 Å². The van der Waals surface area contributed by atoms with E-state index < -0.39 is 11.8 Å². The Morgan fingerprint density at radius 1 is 1.32 bits per heavy atom. The monoisotopic (exact) mass is 383 g/mol. The van der Waals surface area contributed by atoms with Crippen molar-refractivity contribution in [1.82, 2.24) is 14.6 Å². The van der Waals surface area contributed by atoms with Crippen molar-refractivity contribution in [1.29, 1.82) is 0 Å². The van der Waals surface area contributed by atoms with Gasteiger partial charge in [-0.05, 0) is 45.0 Å². The fourth-order valence-corrected chi connectivity index (χ4v) is 3.26. The second-order valence-electron chi connectivity index (χ2n) is 7.10. The van der Waals surface area contributed by atoms with Gasteiger partial charge in [-0.3, -0.25) is 0 Å². The summed E-state index contributed by atoms with van der Waals surface area (Å²) < 4.78 is 18.7. The summed E-state index contributed by atoms with van der Waals surface area (Å²) >= 11 is 0. The van der Waals surface area contributed by atoms with Crippen molar-refractivity contribution in [2.24, 2.45) is 0 Å². The Kier molecular flexibility index (Phi) is 4.52. The number of carboxylic acids is 1. The largest absolute Gasteiger partial charge is 0.490 e. The smallest absolute Gasteiger partial charge is 0.356 e. The lowest BCUT2D eigenvalue weighted by atomic mass is 10.1. The van der Waals surface area contributed by atoms with Crippen LogP contribution in [0.5, 0.6) is 5.75 Å². The Morgan fingerprint density at radius 3 is 2.82 bits per heavy atom. The van der Waals surface area contributed by atoms with Gasteiger partial charge in [-0.2, -0.15) is 5.10 Å². The van der Waals surface area contributed by atoms with Gasteiger partial charge in [0.05, 0.1) is 18.0 Å². The number of hydrogen-bond acceptors (Lipinski definition) is 6. The van der Waals surface area contributed by atoms with Gasteiger partial charge >= 0.3 is 5.97 Å². The van der Waals surface area contributed by atoms with Crippen molar-refractivity contribution in [3.8, 4) is 17.0 Å². The van der Waals surface area contributed by atoms with Crippen LogP contribution < -0.4 is 4.74 Å². The van der Waals surface area contributed by atoms with Crippen LogP contribution in [0.3, 0.4) is 0 Å². The van der Waals surface area contributed by atoms with Crippen LogP contribution in [-0.4, -0.2) is 50.8 Å². The minimum Gasteiger partial charge on any atom is -0.490 e. The normalized spacial score (nSPS) is 18.5. The highest BCUT2D eigenvalue weighted by Crippen LogP contribution is 2.30. The van der Waals surface area contributed by atoms with Gasteiger partial charge in [-0.1, -0.05) is 12.1 Å². The van der Waals surface area contributed by atoms with Crippen molar-refractivity contribution in [3.05, 3.63) is 47.8 Å². The zero-order valence-corrected chi connectivity index (χ0v) is 15.9. The Hall–Kier alpha value is -2.97. The molecule has 28 heavy (non-hydrogen) atoms. The molecule has 0 amide bonds. The highest BCUT2D eigenvalue weighted by atomic mass is 16.7. The number of para-hydroxylation sites is 1. The van der Waals surface area contributed by atoms with E-state index in [1.54, 1.807) is 19.1 Å². The number of rotatable bonds is 5. The van der Waals surface area contributed by atoms with E-state index in [-0.39, 0.29) is 11.8 Å². The number of hydrogen-bond donors (Lipinski definition) is 1. The third-order valence-corrected chi connectivity index (χ3v) is 4.51. The molecular formula is C20H21N3O5. The average molecular weight is 383 g/mol. The number of carbonyl (C=O) groups is 1. The first-order chi connectivity index (χ1) is 13.3. The van der Waals surface area contributed by atoms with E-state index in [4.69, 9.17) is 14.2 Å². The molecule has 0 bridgehead atoms. The molecule has 146 valence electrons. The maximum absolute atomic E-state index is 11.6. The number of imidazole rings is 1. The molecule has 1 aromatic carbocycles. The van der Waals surface area contributed by atoms with Crippen molar-refractivity contribution in [2.45, 2.75) is 32.7 Å². The number of aromatic carboxylic acids is 1. The van der Waals surface area contributed by atoms with E-state index in [1.165, 1.54) is 4.52 Å². The summed E-state index contributed by atoms with van der Waals surface area (Å²) in [6.07, 6.45) is -0.159. The fraction of sp³-hybridized carbons (Fsp3) is 0.350. The number of fused-ring (bicyclic) bond motifs is 1. The molecule has 1 N–H and O–H groups in total. The first kappa shape index (κ1) is 18.4. The molecule has 1 fully saturated rings. The predicted octanol–water partition coefficient (Wildman–Crippen LogP) is 2.93. The number of aromatic nitrogens is 3. The van der Waals surface area contributed by atoms with Crippen LogP contribution in [0.4, 0.5) is 0 Å². The summed E-state index contributed by atoms with van der Waals surface area (Å²) in [5.41, 5.74) is 2.30. The molecule has 3 aromatic rings. The molecule has 0 aliphatic carbocycles. The number of carboxylic acid groups (broad SMARTS) is 1. The Morgan fingerprint density at radius 2 is 2.11 bits per heavy atom. The highest BCUT2D eigenvalue weighted by molar-refractivity contribution is 5.88. The van der Waals surface area contributed by atoms with E-state index in [0.717, 1.165) is 5.56 Å². The van der Waals surface area contributed by atoms with Crippen LogP contribution in [0.2, 0.25) is 0 Å². The van der Waals surface area contributed by atoms with Gasteiger partial charge in [0.2, 0.25) is 0 Å². The first-order valence-electron chi connectivity index (χ1n) is 8.98. The third kappa shape index (κ3) is 3.44. The number of benzene rings is 1. The second kappa shape index (κ2) is 6.88. The van der Waals surface area contributed by atoms with Gasteiger partial charge in [0.25, 0.3) is 0 Å². The van der Waals surface area contributed by atoms with Gasteiger partial charge in [0, 0.05) is 5.56 Å². The summed E-state index contributed by atoms with van der Waals surface area (Å²) in [5, 5.41) is 14.0. The maximum atomic E-state index is 11.6. The second-order valence-corrected chi connectivity index (χ2v) is 7.10. The average Bonchev–Trinajstić information content (AvgIpc) is 3.17. The molecule has 1 atom stereocenters. The molecule has 3 heterocycles. The quantitative estimate of drug-likeness (QED) is 0.724. The Labute approximate surface area is 161 Å². The third-order valence-electron chi connectivity index (χ3n) is 4.51. The number of ether oxygens (including phenoxy) is 3. The lowest BCUT2D eigenvalue weighted by Crippen LogP contribution is -2.25. The number of aryl methyl sites for hydroxylation is 1.